The summed E-state index contributed by atoms with van der Waals surface area (Å²) in [5.74, 6) is 0.349. The van der Waals surface area contributed by atoms with Crippen LogP contribution in [0.15, 0.2) is 24.3 Å². The number of aryl methyl sites for hydroxylation is 2. The van der Waals surface area contributed by atoms with E-state index in [1.807, 2.05) is 39.8 Å². The van der Waals surface area contributed by atoms with E-state index in [2.05, 4.69) is 16.5 Å². The molecule has 1 aliphatic rings. The number of aromatic nitrogens is 2. The Balaban J connectivity index is 2.01. The van der Waals surface area contributed by atoms with E-state index in [4.69, 9.17) is 0 Å². The van der Waals surface area contributed by atoms with Crippen LogP contribution in [0, 0.1) is 19.8 Å². The zero-order chi connectivity index (χ0) is 19.8. The zero-order valence-corrected chi connectivity index (χ0v) is 17.1. The van der Waals surface area contributed by atoms with Crippen LogP contribution in [0.5, 0.6) is 0 Å². The van der Waals surface area contributed by atoms with E-state index in [0.29, 0.717) is 24.6 Å². The number of benzene rings is 1. The Bertz CT molecular complexity index is 961. The Hall–Kier alpha value is -2.15. The van der Waals surface area contributed by atoms with Gasteiger partial charge in [-0.05, 0) is 49.4 Å². The van der Waals surface area contributed by atoms with Crippen molar-refractivity contribution in [3.05, 3.63) is 41.1 Å². The SMILES string of the molecule is Cc1ccc(-c2cc(C(=O)NCC(C)C)nn2C2CCS(=O)(=O)C2)cc1C. The van der Waals surface area contributed by atoms with Crippen molar-refractivity contribution in [2.75, 3.05) is 18.1 Å². The molecule has 146 valence electrons. The molecular weight excluding hydrogens is 362 g/mol. The van der Waals surface area contributed by atoms with Crippen molar-refractivity contribution in [3.8, 4) is 11.3 Å². The van der Waals surface area contributed by atoms with Crippen LogP contribution in [0.3, 0.4) is 0 Å². The molecular formula is C20H27N3O3S. The minimum Gasteiger partial charge on any atom is -0.350 e. The van der Waals surface area contributed by atoms with Crippen LogP contribution in [-0.4, -0.2) is 42.2 Å². The van der Waals surface area contributed by atoms with Gasteiger partial charge in [0, 0.05) is 12.1 Å². The molecule has 1 aromatic heterocycles. The summed E-state index contributed by atoms with van der Waals surface area (Å²) in [6.45, 7) is 8.72. The summed E-state index contributed by atoms with van der Waals surface area (Å²) in [5, 5.41) is 7.39. The zero-order valence-electron chi connectivity index (χ0n) is 16.3. The fourth-order valence-corrected chi connectivity index (χ4v) is 4.95. The second kappa shape index (κ2) is 7.46. The van der Waals surface area contributed by atoms with Gasteiger partial charge in [-0.15, -0.1) is 0 Å². The lowest BCUT2D eigenvalue weighted by Gasteiger charge is -2.14. The number of sulfone groups is 1. The largest absolute Gasteiger partial charge is 0.350 e. The third kappa shape index (κ3) is 4.40. The highest BCUT2D eigenvalue weighted by Crippen LogP contribution is 2.31. The lowest BCUT2D eigenvalue weighted by atomic mass is 10.0. The highest BCUT2D eigenvalue weighted by atomic mass is 32.2. The van der Waals surface area contributed by atoms with Crippen molar-refractivity contribution in [1.82, 2.24) is 15.1 Å². The van der Waals surface area contributed by atoms with Crippen molar-refractivity contribution in [3.63, 3.8) is 0 Å². The second-order valence-electron chi connectivity index (χ2n) is 7.82. The Morgan fingerprint density at radius 2 is 2.00 bits per heavy atom. The number of hydrogen-bond acceptors (Lipinski definition) is 4. The van der Waals surface area contributed by atoms with Gasteiger partial charge in [0.15, 0.2) is 15.5 Å². The minimum atomic E-state index is -3.05. The molecule has 0 saturated carbocycles. The fourth-order valence-electron chi connectivity index (χ4n) is 3.26. The first-order chi connectivity index (χ1) is 12.7. The summed E-state index contributed by atoms with van der Waals surface area (Å²) in [4.78, 5) is 12.5. The van der Waals surface area contributed by atoms with Crippen LogP contribution >= 0.6 is 0 Å². The molecule has 27 heavy (non-hydrogen) atoms. The molecule has 2 heterocycles. The molecule has 2 aromatic rings. The monoisotopic (exact) mass is 389 g/mol. The van der Waals surface area contributed by atoms with E-state index in [1.165, 1.54) is 5.56 Å². The predicted molar refractivity (Wildman–Crippen MR) is 107 cm³/mol. The van der Waals surface area contributed by atoms with E-state index in [-0.39, 0.29) is 23.5 Å². The molecule has 1 aromatic carbocycles. The molecule has 0 radical (unpaired) electrons. The first-order valence-electron chi connectivity index (χ1n) is 9.32. The van der Waals surface area contributed by atoms with Gasteiger partial charge in [-0.3, -0.25) is 9.48 Å². The number of amides is 1. The molecule has 1 aliphatic heterocycles. The molecule has 0 bridgehead atoms. The van der Waals surface area contributed by atoms with Crippen molar-refractivity contribution in [2.45, 2.75) is 40.2 Å². The van der Waals surface area contributed by atoms with Crippen LogP contribution in [-0.2, 0) is 9.84 Å². The van der Waals surface area contributed by atoms with Crippen LogP contribution < -0.4 is 5.32 Å². The van der Waals surface area contributed by atoms with Gasteiger partial charge in [0.05, 0.1) is 23.2 Å². The van der Waals surface area contributed by atoms with Gasteiger partial charge in [0.25, 0.3) is 5.91 Å². The van der Waals surface area contributed by atoms with Crippen LogP contribution in [0.4, 0.5) is 0 Å². The van der Waals surface area contributed by atoms with Gasteiger partial charge in [-0.2, -0.15) is 5.10 Å². The lowest BCUT2D eigenvalue weighted by molar-refractivity contribution is 0.0943. The lowest BCUT2D eigenvalue weighted by Crippen LogP contribution is -2.28. The Kier molecular flexibility index (Phi) is 5.42. The molecule has 0 spiro atoms. The van der Waals surface area contributed by atoms with Crippen molar-refractivity contribution in [1.29, 1.82) is 0 Å². The molecule has 1 N–H and O–H groups in total. The predicted octanol–water partition coefficient (Wildman–Crippen LogP) is 2.91. The van der Waals surface area contributed by atoms with E-state index >= 15 is 0 Å². The molecule has 6 nitrogen and oxygen atoms in total. The van der Waals surface area contributed by atoms with E-state index in [1.54, 1.807) is 10.7 Å². The molecule has 1 atom stereocenters. The Morgan fingerprint density at radius 3 is 2.59 bits per heavy atom. The van der Waals surface area contributed by atoms with Crippen molar-refractivity contribution >= 4 is 15.7 Å². The standard InChI is InChI=1S/C20H27N3O3S/c1-13(2)11-21-20(24)18-10-19(16-6-5-14(3)15(4)9-16)23(22-18)17-7-8-27(25,26)12-17/h5-6,9-10,13,17H,7-8,11-12H2,1-4H3,(H,21,24). The number of carbonyl (C=O) groups excluding carboxylic acids is 1. The van der Waals surface area contributed by atoms with E-state index in [9.17, 15) is 13.2 Å². The molecule has 0 aliphatic carbocycles. The minimum absolute atomic E-state index is 0.0690. The van der Waals surface area contributed by atoms with E-state index in [0.717, 1.165) is 16.8 Å². The summed E-state index contributed by atoms with van der Waals surface area (Å²) in [6, 6.07) is 7.62. The fraction of sp³-hybridized carbons (Fsp3) is 0.500. The number of rotatable bonds is 5. The summed E-state index contributed by atoms with van der Waals surface area (Å²) < 4.78 is 25.7. The molecule has 1 saturated heterocycles. The molecule has 7 heteroatoms. The summed E-state index contributed by atoms with van der Waals surface area (Å²) in [5.41, 5.74) is 4.38. The van der Waals surface area contributed by atoms with Crippen molar-refractivity contribution < 1.29 is 13.2 Å². The van der Waals surface area contributed by atoms with E-state index < -0.39 is 9.84 Å². The Morgan fingerprint density at radius 1 is 1.26 bits per heavy atom. The summed E-state index contributed by atoms with van der Waals surface area (Å²) in [6.07, 6.45) is 0.523. The Labute approximate surface area is 160 Å². The molecule has 3 rings (SSSR count). The quantitative estimate of drug-likeness (QED) is 0.852. The van der Waals surface area contributed by atoms with Gasteiger partial charge in [0.1, 0.15) is 0 Å². The first kappa shape index (κ1) is 19.6. The van der Waals surface area contributed by atoms with Gasteiger partial charge >= 0.3 is 0 Å². The second-order valence-corrected chi connectivity index (χ2v) is 10.0. The first-order valence-corrected chi connectivity index (χ1v) is 11.1. The summed E-state index contributed by atoms with van der Waals surface area (Å²) >= 11 is 0. The maximum absolute atomic E-state index is 12.5. The number of hydrogen-bond donors (Lipinski definition) is 1. The van der Waals surface area contributed by atoms with Gasteiger partial charge < -0.3 is 5.32 Å². The maximum atomic E-state index is 12.5. The van der Waals surface area contributed by atoms with Crippen LogP contribution in [0.1, 0.15) is 47.9 Å². The highest BCUT2D eigenvalue weighted by molar-refractivity contribution is 7.91. The third-order valence-corrected chi connectivity index (χ3v) is 6.75. The van der Waals surface area contributed by atoms with Crippen LogP contribution in [0.2, 0.25) is 0 Å². The van der Waals surface area contributed by atoms with Gasteiger partial charge in [0.2, 0.25) is 0 Å². The van der Waals surface area contributed by atoms with Gasteiger partial charge in [-0.1, -0.05) is 26.0 Å². The summed E-state index contributed by atoms with van der Waals surface area (Å²) in [7, 11) is -3.05. The number of nitrogens with one attached hydrogen (secondary N) is 1. The molecule has 1 fully saturated rings. The normalized spacial score (nSPS) is 18.8. The van der Waals surface area contributed by atoms with Crippen LogP contribution in [0.25, 0.3) is 11.3 Å². The molecule has 1 amide bonds. The third-order valence-electron chi connectivity index (χ3n) is 5.00. The number of nitrogens with zero attached hydrogens (tertiary/aromatic N) is 2. The number of carbonyl (C=O) groups is 1. The molecule has 1 unspecified atom stereocenters. The maximum Gasteiger partial charge on any atom is 0.271 e. The van der Waals surface area contributed by atoms with Crippen molar-refractivity contribution in [2.24, 2.45) is 5.92 Å². The topological polar surface area (TPSA) is 81.1 Å². The van der Waals surface area contributed by atoms with Gasteiger partial charge in [-0.25, -0.2) is 8.42 Å². The average Bonchev–Trinajstić information content (AvgIpc) is 3.18. The average molecular weight is 390 g/mol. The smallest absolute Gasteiger partial charge is 0.271 e. The highest BCUT2D eigenvalue weighted by Gasteiger charge is 2.32.